The van der Waals surface area contributed by atoms with E-state index in [2.05, 4.69) is 22.1 Å². The summed E-state index contributed by atoms with van der Waals surface area (Å²) in [4.78, 5) is 18.4. The Morgan fingerprint density at radius 1 is 1.48 bits per heavy atom. The molecule has 0 radical (unpaired) electrons. The number of nitrogens with one attached hydrogen (secondary N) is 1. The van der Waals surface area contributed by atoms with Crippen LogP contribution in [0.5, 0.6) is 0 Å². The van der Waals surface area contributed by atoms with Gasteiger partial charge >= 0.3 is 6.09 Å². The molecular weight excluding hydrogens is 266 g/mol. The van der Waals surface area contributed by atoms with E-state index >= 15 is 0 Å². The lowest BCUT2D eigenvalue weighted by Crippen LogP contribution is -2.32. The Balaban J connectivity index is 1.86. The van der Waals surface area contributed by atoms with E-state index in [4.69, 9.17) is 4.74 Å². The fourth-order valence-electron chi connectivity index (χ4n) is 2.45. The number of rotatable bonds is 3. The number of aromatic nitrogens is 1. The molecule has 21 heavy (non-hydrogen) atoms. The van der Waals surface area contributed by atoms with E-state index in [1.807, 2.05) is 39.1 Å². The summed E-state index contributed by atoms with van der Waals surface area (Å²) in [5, 5.41) is 2.74. The number of hydrogen-bond acceptors (Lipinski definition) is 4. The highest BCUT2D eigenvalue weighted by Gasteiger charge is 2.21. The van der Waals surface area contributed by atoms with E-state index < -0.39 is 11.7 Å². The third kappa shape index (κ3) is 4.62. The zero-order valence-corrected chi connectivity index (χ0v) is 13.3. The highest BCUT2D eigenvalue weighted by molar-refractivity contribution is 5.67. The molecule has 0 unspecified atom stereocenters. The minimum atomic E-state index is -0.474. The Bertz CT molecular complexity index is 479. The highest BCUT2D eigenvalue weighted by atomic mass is 16.6. The molecule has 1 amide bonds. The molecule has 2 heterocycles. The molecule has 1 saturated heterocycles. The summed E-state index contributed by atoms with van der Waals surface area (Å²) >= 11 is 0. The summed E-state index contributed by atoms with van der Waals surface area (Å²) in [5.74, 6) is 1.01. The number of amides is 1. The minimum absolute atomic E-state index is 0.403. The van der Waals surface area contributed by atoms with Gasteiger partial charge in [0.05, 0.1) is 0 Å². The Morgan fingerprint density at radius 2 is 2.24 bits per heavy atom. The SMILES string of the molecule is C[C@H]1CCCN1c1ccc(CNC(=O)OC(C)(C)C)cn1. The summed E-state index contributed by atoms with van der Waals surface area (Å²) in [6.45, 7) is 9.27. The van der Waals surface area contributed by atoms with Gasteiger partial charge in [0.1, 0.15) is 11.4 Å². The molecule has 5 nitrogen and oxygen atoms in total. The van der Waals surface area contributed by atoms with Crippen molar-refractivity contribution in [3.8, 4) is 0 Å². The van der Waals surface area contributed by atoms with Crippen LogP contribution in [0.2, 0.25) is 0 Å². The molecule has 0 aromatic carbocycles. The van der Waals surface area contributed by atoms with Crippen LogP contribution >= 0.6 is 0 Å². The first-order chi connectivity index (χ1) is 9.85. The molecule has 5 heteroatoms. The number of nitrogens with zero attached hydrogens (tertiary/aromatic N) is 2. The first-order valence-corrected chi connectivity index (χ1v) is 7.53. The largest absolute Gasteiger partial charge is 0.444 e. The molecule has 2 rings (SSSR count). The quantitative estimate of drug-likeness (QED) is 0.929. The van der Waals surface area contributed by atoms with Crippen molar-refractivity contribution < 1.29 is 9.53 Å². The van der Waals surface area contributed by atoms with Crippen molar-refractivity contribution in [2.75, 3.05) is 11.4 Å². The first kappa shape index (κ1) is 15.6. The molecule has 1 aromatic heterocycles. The molecule has 116 valence electrons. The molecule has 0 bridgehead atoms. The van der Waals surface area contributed by atoms with E-state index in [0.29, 0.717) is 12.6 Å². The number of hydrogen-bond donors (Lipinski definition) is 1. The van der Waals surface area contributed by atoms with E-state index in [-0.39, 0.29) is 0 Å². The molecule has 1 N–H and O–H groups in total. The fraction of sp³-hybridized carbons (Fsp3) is 0.625. The number of carbonyl (C=O) groups excluding carboxylic acids is 1. The third-order valence-electron chi connectivity index (χ3n) is 3.49. The van der Waals surface area contributed by atoms with Crippen molar-refractivity contribution in [2.45, 2.75) is 58.7 Å². The number of carbonyl (C=O) groups is 1. The summed E-state index contributed by atoms with van der Waals surface area (Å²) in [6.07, 6.45) is 3.87. The summed E-state index contributed by atoms with van der Waals surface area (Å²) < 4.78 is 5.20. The standard InChI is InChI=1S/C16H25N3O2/c1-12-6-5-9-19(12)14-8-7-13(10-17-14)11-18-15(20)21-16(2,3)4/h7-8,10,12H,5-6,9,11H2,1-4H3,(H,18,20)/t12-/m0/s1. The van der Waals surface area contributed by atoms with Gasteiger partial charge in [-0.3, -0.25) is 0 Å². The minimum Gasteiger partial charge on any atom is -0.444 e. The zero-order valence-electron chi connectivity index (χ0n) is 13.3. The normalized spacial score (nSPS) is 18.7. The van der Waals surface area contributed by atoms with Crippen LogP contribution < -0.4 is 10.2 Å². The molecule has 1 aliphatic rings. The van der Waals surface area contributed by atoms with E-state index in [1.54, 1.807) is 0 Å². The fourth-order valence-corrected chi connectivity index (χ4v) is 2.45. The summed E-state index contributed by atoms with van der Waals surface area (Å²) in [6, 6.07) is 4.59. The van der Waals surface area contributed by atoms with Gasteiger partial charge in [-0.05, 0) is 52.2 Å². The predicted molar refractivity (Wildman–Crippen MR) is 83.4 cm³/mol. The van der Waals surface area contributed by atoms with Crippen molar-refractivity contribution in [1.29, 1.82) is 0 Å². The van der Waals surface area contributed by atoms with Gasteiger partial charge < -0.3 is 15.0 Å². The maximum absolute atomic E-state index is 11.6. The van der Waals surface area contributed by atoms with Crippen LogP contribution in [0, 0.1) is 0 Å². The van der Waals surface area contributed by atoms with Gasteiger partial charge in [0.15, 0.2) is 0 Å². The Kier molecular flexibility index (Phi) is 4.70. The molecule has 1 aliphatic heterocycles. The van der Waals surface area contributed by atoms with Gasteiger partial charge in [0.25, 0.3) is 0 Å². The van der Waals surface area contributed by atoms with Crippen LogP contribution in [0.1, 0.15) is 46.1 Å². The van der Waals surface area contributed by atoms with Gasteiger partial charge in [-0.2, -0.15) is 0 Å². The maximum Gasteiger partial charge on any atom is 0.407 e. The molecule has 1 fully saturated rings. The number of anilines is 1. The average molecular weight is 291 g/mol. The molecule has 1 aromatic rings. The zero-order chi connectivity index (χ0) is 15.5. The molecule has 0 spiro atoms. The number of ether oxygens (including phenoxy) is 1. The lowest BCUT2D eigenvalue weighted by molar-refractivity contribution is 0.0523. The van der Waals surface area contributed by atoms with Crippen LogP contribution in [0.3, 0.4) is 0 Å². The van der Waals surface area contributed by atoms with Crippen LogP contribution in [0.4, 0.5) is 10.6 Å². The number of alkyl carbamates (subject to hydrolysis) is 1. The summed E-state index contributed by atoms with van der Waals surface area (Å²) in [7, 11) is 0. The Hall–Kier alpha value is -1.78. The Morgan fingerprint density at radius 3 is 2.76 bits per heavy atom. The molecule has 0 saturated carbocycles. The highest BCUT2D eigenvalue weighted by Crippen LogP contribution is 2.23. The summed E-state index contributed by atoms with van der Waals surface area (Å²) in [5.41, 5.74) is 0.495. The lowest BCUT2D eigenvalue weighted by atomic mass is 10.2. The third-order valence-corrected chi connectivity index (χ3v) is 3.49. The molecule has 0 aliphatic carbocycles. The van der Waals surface area contributed by atoms with Gasteiger partial charge in [0.2, 0.25) is 0 Å². The van der Waals surface area contributed by atoms with E-state index in [1.165, 1.54) is 12.8 Å². The second-order valence-corrected chi connectivity index (χ2v) is 6.56. The molecular formula is C16H25N3O2. The lowest BCUT2D eigenvalue weighted by Gasteiger charge is -2.22. The second-order valence-electron chi connectivity index (χ2n) is 6.56. The van der Waals surface area contributed by atoms with Gasteiger partial charge in [0, 0.05) is 25.3 Å². The van der Waals surface area contributed by atoms with Crippen LogP contribution in [-0.2, 0) is 11.3 Å². The van der Waals surface area contributed by atoms with E-state index in [9.17, 15) is 4.79 Å². The van der Waals surface area contributed by atoms with Gasteiger partial charge in [-0.1, -0.05) is 6.07 Å². The van der Waals surface area contributed by atoms with Crippen molar-refractivity contribution >= 4 is 11.9 Å². The molecule has 1 atom stereocenters. The van der Waals surface area contributed by atoms with Crippen molar-refractivity contribution in [1.82, 2.24) is 10.3 Å². The van der Waals surface area contributed by atoms with Crippen molar-refractivity contribution in [2.24, 2.45) is 0 Å². The van der Waals surface area contributed by atoms with Crippen LogP contribution in [0.15, 0.2) is 18.3 Å². The predicted octanol–water partition coefficient (Wildman–Crippen LogP) is 3.10. The van der Waals surface area contributed by atoms with Gasteiger partial charge in [-0.25, -0.2) is 9.78 Å². The van der Waals surface area contributed by atoms with E-state index in [0.717, 1.165) is 17.9 Å². The Labute approximate surface area is 126 Å². The average Bonchev–Trinajstić information content (AvgIpc) is 2.81. The maximum atomic E-state index is 11.6. The van der Waals surface area contributed by atoms with Crippen molar-refractivity contribution in [3.05, 3.63) is 23.9 Å². The van der Waals surface area contributed by atoms with Crippen LogP contribution in [0.25, 0.3) is 0 Å². The first-order valence-electron chi connectivity index (χ1n) is 7.53. The topological polar surface area (TPSA) is 54.5 Å². The van der Waals surface area contributed by atoms with Gasteiger partial charge in [-0.15, -0.1) is 0 Å². The van der Waals surface area contributed by atoms with Crippen LogP contribution in [-0.4, -0.2) is 29.3 Å². The second kappa shape index (κ2) is 6.33. The van der Waals surface area contributed by atoms with Crippen molar-refractivity contribution in [3.63, 3.8) is 0 Å². The number of pyridine rings is 1. The smallest absolute Gasteiger partial charge is 0.407 e. The monoisotopic (exact) mass is 291 g/mol.